The second-order valence-electron chi connectivity index (χ2n) is 13.4. The highest BCUT2D eigenvalue weighted by molar-refractivity contribution is 5.70. The van der Waals surface area contributed by atoms with E-state index in [0.717, 1.165) is 38.5 Å². The van der Waals surface area contributed by atoms with Gasteiger partial charge < -0.3 is 19.8 Å². The molecule has 0 spiro atoms. The molecular formula is C36H68NO6+. The summed E-state index contributed by atoms with van der Waals surface area (Å²) in [5.74, 6) is -4.82. The van der Waals surface area contributed by atoms with Crippen LogP contribution in [0, 0.1) is 17.8 Å². The SMILES string of the molecule is CCCCCCCCCCCCCCC/C=C/CCCCCCC[N+](CC(C)C(=O)O)(CC(C)C(=O)O)CC(C)C(=O)O. The highest BCUT2D eigenvalue weighted by Gasteiger charge is 2.38. The van der Waals surface area contributed by atoms with Gasteiger partial charge in [0.25, 0.3) is 0 Å². The first-order valence-corrected chi connectivity index (χ1v) is 17.7. The fourth-order valence-electron chi connectivity index (χ4n) is 6.23. The molecule has 252 valence electrons. The van der Waals surface area contributed by atoms with Crippen molar-refractivity contribution in [3.05, 3.63) is 12.2 Å². The van der Waals surface area contributed by atoms with Crippen LogP contribution < -0.4 is 0 Å². The molecule has 0 bridgehead atoms. The molecule has 0 heterocycles. The topological polar surface area (TPSA) is 112 Å². The first-order valence-electron chi connectivity index (χ1n) is 17.7. The van der Waals surface area contributed by atoms with Crippen LogP contribution in [0.5, 0.6) is 0 Å². The van der Waals surface area contributed by atoms with Crippen LogP contribution in [0.3, 0.4) is 0 Å². The Bertz CT molecular complexity index is 697. The molecular weight excluding hydrogens is 542 g/mol. The standard InChI is InChI=1S/C36H67NO6/c1-5-6-7-8-9-10-11-12-13-14-15-16-17-18-19-20-21-22-23-24-25-26-27-37(28-31(2)34(38)39,29-32(3)35(40)41)30-33(4)36(42)43/h19-20,31-33H,5-18,21-30H2,1-4H3,(H2-,38,39,40,41,42,43)/p+1/b20-19+. The van der Waals surface area contributed by atoms with E-state index in [1.165, 1.54) is 89.9 Å². The summed E-state index contributed by atoms with van der Waals surface area (Å²) >= 11 is 0. The van der Waals surface area contributed by atoms with E-state index in [1.54, 1.807) is 20.8 Å². The van der Waals surface area contributed by atoms with Gasteiger partial charge in [-0.15, -0.1) is 0 Å². The van der Waals surface area contributed by atoms with Gasteiger partial charge in [-0.3, -0.25) is 14.4 Å². The third-order valence-corrected chi connectivity index (χ3v) is 8.89. The molecule has 0 aliphatic heterocycles. The predicted octanol–water partition coefficient (Wildman–Crippen LogP) is 9.34. The molecule has 0 saturated carbocycles. The minimum Gasteiger partial charge on any atom is -0.481 e. The van der Waals surface area contributed by atoms with Gasteiger partial charge in [0.2, 0.25) is 0 Å². The maximum atomic E-state index is 11.6. The van der Waals surface area contributed by atoms with E-state index in [2.05, 4.69) is 19.1 Å². The summed E-state index contributed by atoms with van der Waals surface area (Å²) in [5.41, 5.74) is 0. The fourth-order valence-corrected chi connectivity index (χ4v) is 6.23. The molecule has 0 amide bonds. The zero-order valence-electron chi connectivity index (χ0n) is 28.4. The van der Waals surface area contributed by atoms with Crippen LogP contribution in [-0.2, 0) is 14.4 Å². The quantitative estimate of drug-likeness (QED) is 0.0410. The number of unbranched alkanes of at least 4 members (excludes halogenated alkanes) is 18. The van der Waals surface area contributed by atoms with E-state index >= 15 is 0 Å². The lowest BCUT2D eigenvalue weighted by Crippen LogP contribution is -2.57. The number of allylic oxidation sites excluding steroid dienone is 2. The summed E-state index contributed by atoms with van der Waals surface area (Å²) in [6.45, 7) is 8.48. The number of hydrogen-bond acceptors (Lipinski definition) is 3. The number of aliphatic carboxylic acids is 3. The lowest BCUT2D eigenvalue weighted by Gasteiger charge is -2.42. The third kappa shape index (κ3) is 23.2. The molecule has 0 fully saturated rings. The summed E-state index contributed by atoms with van der Waals surface area (Å²) in [5, 5.41) is 28.6. The lowest BCUT2D eigenvalue weighted by atomic mass is 10.0. The molecule has 7 heteroatoms. The number of carboxylic acid groups (broad SMARTS) is 3. The average Bonchev–Trinajstić information content (AvgIpc) is 2.95. The molecule has 0 aromatic heterocycles. The van der Waals surface area contributed by atoms with Crippen LogP contribution in [-0.4, -0.2) is 63.9 Å². The number of hydrogen-bond donors (Lipinski definition) is 3. The molecule has 7 nitrogen and oxygen atoms in total. The molecule has 0 saturated heterocycles. The van der Waals surface area contributed by atoms with Gasteiger partial charge in [-0.1, -0.05) is 109 Å². The van der Waals surface area contributed by atoms with Gasteiger partial charge in [0.05, 0.1) is 26.2 Å². The van der Waals surface area contributed by atoms with Crippen molar-refractivity contribution >= 4 is 17.9 Å². The third-order valence-electron chi connectivity index (χ3n) is 8.89. The second-order valence-corrected chi connectivity index (χ2v) is 13.4. The van der Waals surface area contributed by atoms with Crippen molar-refractivity contribution in [1.82, 2.24) is 0 Å². The van der Waals surface area contributed by atoms with Gasteiger partial charge in [-0.25, -0.2) is 0 Å². The molecule has 0 aliphatic carbocycles. The van der Waals surface area contributed by atoms with Crippen molar-refractivity contribution < 1.29 is 34.2 Å². The van der Waals surface area contributed by atoms with Crippen molar-refractivity contribution in [1.29, 1.82) is 0 Å². The number of carbonyl (C=O) groups is 3. The van der Waals surface area contributed by atoms with Crippen molar-refractivity contribution in [3.8, 4) is 0 Å². The minimum atomic E-state index is -0.935. The Morgan fingerprint density at radius 1 is 0.488 bits per heavy atom. The summed E-state index contributed by atoms with van der Waals surface area (Å²) in [4.78, 5) is 34.9. The largest absolute Gasteiger partial charge is 0.481 e. The summed E-state index contributed by atoms with van der Waals surface area (Å²) in [6, 6.07) is 0. The van der Waals surface area contributed by atoms with Crippen LogP contribution in [0.25, 0.3) is 0 Å². The number of quaternary nitrogens is 1. The van der Waals surface area contributed by atoms with Crippen molar-refractivity contribution in [3.63, 3.8) is 0 Å². The van der Waals surface area contributed by atoms with Gasteiger partial charge in [0, 0.05) is 0 Å². The average molecular weight is 611 g/mol. The van der Waals surface area contributed by atoms with Gasteiger partial charge >= 0.3 is 17.9 Å². The molecule has 0 aliphatic rings. The molecule has 0 rings (SSSR count). The Balaban J connectivity index is 4.18. The van der Waals surface area contributed by atoms with E-state index < -0.39 is 35.7 Å². The van der Waals surface area contributed by atoms with Gasteiger partial charge in [-0.2, -0.15) is 0 Å². The van der Waals surface area contributed by atoms with Crippen molar-refractivity contribution in [2.45, 2.75) is 156 Å². The summed E-state index contributed by atoms with van der Waals surface area (Å²) < 4.78 is 0.219. The Labute approximate surface area is 264 Å². The Kier molecular flexibility index (Phi) is 25.3. The molecule has 3 atom stereocenters. The monoisotopic (exact) mass is 611 g/mol. The molecule has 0 aromatic carbocycles. The first-order chi connectivity index (χ1) is 20.5. The van der Waals surface area contributed by atoms with Gasteiger partial charge in [-0.05, 0) is 59.3 Å². The van der Waals surface area contributed by atoms with E-state index in [-0.39, 0.29) is 24.1 Å². The highest BCUT2D eigenvalue weighted by Crippen LogP contribution is 2.22. The highest BCUT2D eigenvalue weighted by atomic mass is 16.4. The van der Waals surface area contributed by atoms with E-state index in [9.17, 15) is 29.7 Å². The lowest BCUT2D eigenvalue weighted by molar-refractivity contribution is -0.934. The van der Waals surface area contributed by atoms with E-state index in [1.807, 2.05) is 0 Å². The number of nitrogens with zero attached hydrogens (tertiary/aromatic N) is 1. The Morgan fingerprint density at radius 3 is 1.07 bits per heavy atom. The summed E-state index contributed by atoms with van der Waals surface area (Å²) in [7, 11) is 0. The fraction of sp³-hybridized carbons (Fsp3) is 0.861. The van der Waals surface area contributed by atoms with Crippen molar-refractivity contribution in [2.75, 3.05) is 26.2 Å². The number of carboxylic acids is 3. The van der Waals surface area contributed by atoms with Crippen molar-refractivity contribution in [2.24, 2.45) is 17.8 Å². The molecule has 43 heavy (non-hydrogen) atoms. The molecule has 3 unspecified atom stereocenters. The maximum Gasteiger partial charge on any atom is 0.311 e. The van der Waals surface area contributed by atoms with Crippen LogP contribution in [0.4, 0.5) is 0 Å². The van der Waals surface area contributed by atoms with E-state index in [4.69, 9.17) is 0 Å². The van der Waals surface area contributed by atoms with Crippen LogP contribution in [0.1, 0.15) is 156 Å². The molecule has 3 N–H and O–H groups in total. The maximum absolute atomic E-state index is 11.6. The second kappa shape index (κ2) is 26.5. The minimum absolute atomic E-state index is 0.219. The molecule has 0 aromatic rings. The zero-order chi connectivity index (χ0) is 32.3. The predicted molar refractivity (Wildman–Crippen MR) is 177 cm³/mol. The Morgan fingerprint density at radius 2 is 0.767 bits per heavy atom. The van der Waals surface area contributed by atoms with Gasteiger partial charge in [0.15, 0.2) is 0 Å². The van der Waals surface area contributed by atoms with Crippen LogP contribution >= 0.6 is 0 Å². The van der Waals surface area contributed by atoms with Gasteiger partial charge in [0.1, 0.15) is 17.8 Å². The molecule has 0 radical (unpaired) electrons. The first kappa shape index (κ1) is 41.1. The normalized spacial score (nSPS) is 15.3. The zero-order valence-corrected chi connectivity index (χ0v) is 28.4. The Hall–Kier alpha value is -1.89. The number of rotatable bonds is 31. The smallest absolute Gasteiger partial charge is 0.311 e. The van der Waals surface area contributed by atoms with E-state index in [0.29, 0.717) is 6.54 Å². The van der Waals surface area contributed by atoms with Crippen LogP contribution in [0.2, 0.25) is 0 Å². The summed E-state index contributed by atoms with van der Waals surface area (Å²) in [6.07, 6.45) is 30.1. The van der Waals surface area contributed by atoms with Crippen LogP contribution in [0.15, 0.2) is 12.2 Å².